The fourth-order valence-electron chi connectivity index (χ4n) is 2.09. The van der Waals surface area contributed by atoms with Crippen molar-refractivity contribution in [2.45, 2.75) is 6.54 Å². The lowest BCUT2D eigenvalue weighted by molar-refractivity contribution is -0.110. The van der Waals surface area contributed by atoms with Gasteiger partial charge in [0.2, 0.25) is 0 Å². The van der Waals surface area contributed by atoms with Gasteiger partial charge in [0, 0.05) is 5.57 Å². The van der Waals surface area contributed by atoms with Crippen LogP contribution < -0.4 is 5.59 Å². The van der Waals surface area contributed by atoms with Crippen LogP contribution in [-0.4, -0.2) is 16.7 Å². The lowest BCUT2D eigenvalue weighted by Gasteiger charge is -2.17. The van der Waals surface area contributed by atoms with Crippen LogP contribution in [0.2, 0.25) is 0 Å². The van der Waals surface area contributed by atoms with E-state index >= 15 is 0 Å². The van der Waals surface area contributed by atoms with Gasteiger partial charge in [-0.25, -0.2) is 0 Å². The van der Waals surface area contributed by atoms with Crippen LogP contribution in [0.4, 0.5) is 0 Å². The molecular formula is C15H13N3O2. The molecular weight excluding hydrogens is 254 g/mol. The number of benzene rings is 1. The Morgan fingerprint density at radius 3 is 2.50 bits per heavy atom. The molecule has 20 heavy (non-hydrogen) atoms. The van der Waals surface area contributed by atoms with Crippen molar-refractivity contribution in [3.8, 4) is 0 Å². The van der Waals surface area contributed by atoms with Crippen LogP contribution in [0.5, 0.6) is 0 Å². The lowest BCUT2D eigenvalue weighted by Crippen LogP contribution is -2.29. The van der Waals surface area contributed by atoms with Gasteiger partial charge in [0.15, 0.2) is 5.78 Å². The molecule has 100 valence electrons. The Balaban J connectivity index is 1.90. The van der Waals surface area contributed by atoms with Gasteiger partial charge in [0.25, 0.3) is 5.90 Å². The molecule has 1 fully saturated rings. The van der Waals surface area contributed by atoms with Crippen molar-refractivity contribution in [3.63, 3.8) is 0 Å². The van der Waals surface area contributed by atoms with E-state index in [9.17, 15) is 4.79 Å². The van der Waals surface area contributed by atoms with Crippen LogP contribution in [0.15, 0.2) is 65.9 Å². The first kappa shape index (κ1) is 12.4. The van der Waals surface area contributed by atoms with Crippen LogP contribution in [0.25, 0.3) is 0 Å². The summed E-state index contributed by atoms with van der Waals surface area (Å²) >= 11 is 0. The average molecular weight is 267 g/mol. The largest absolute Gasteiger partial charge is 0.367 e. The van der Waals surface area contributed by atoms with Crippen LogP contribution >= 0.6 is 0 Å². The minimum atomic E-state index is -0.0534. The van der Waals surface area contributed by atoms with Gasteiger partial charge in [-0.15, -0.1) is 0 Å². The Morgan fingerprint density at radius 2 is 1.80 bits per heavy atom. The minimum absolute atomic E-state index is 0.0413. The topological polar surface area (TPSA) is 65.4 Å². The number of rotatable bonds is 2. The van der Waals surface area contributed by atoms with Crippen molar-refractivity contribution in [1.82, 2.24) is 10.6 Å². The summed E-state index contributed by atoms with van der Waals surface area (Å²) < 4.78 is 0. The molecule has 0 aromatic heterocycles. The van der Waals surface area contributed by atoms with Gasteiger partial charge in [-0.1, -0.05) is 35.9 Å². The number of ketones is 1. The first-order valence-electron chi connectivity index (χ1n) is 6.21. The highest BCUT2D eigenvalue weighted by atomic mass is 16.7. The third-order valence-corrected chi connectivity index (χ3v) is 3.05. The Bertz CT molecular complexity index is 626. The van der Waals surface area contributed by atoms with Crippen LogP contribution in [0.1, 0.15) is 5.56 Å². The molecule has 5 nitrogen and oxygen atoms in total. The van der Waals surface area contributed by atoms with E-state index in [-0.39, 0.29) is 11.7 Å². The number of allylic oxidation sites excluding steroid dienone is 5. The van der Waals surface area contributed by atoms with Crippen molar-refractivity contribution in [2.75, 3.05) is 0 Å². The number of nitrogens with zero attached hydrogens (tertiary/aromatic N) is 1. The minimum Gasteiger partial charge on any atom is -0.367 e. The Kier molecular flexibility index (Phi) is 3.18. The zero-order chi connectivity index (χ0) is 13.9. The number of hydrogen-bond acceptors (Lipinski definition) is 5. The molecule has 1 saturated heterocycles. The number of carbonyl (C=O) groups is 1. The summed E-state index contributed by atoms with van der Waals surface area (Å²) in [5, 5.41) is 9.60. The third-order valence-electron chi connectivity index (χ3n) is 3.05. The maximum absolute atomic E-state index is 11.2. The molecule has 0 spiro atoms. The fraction of sp³-hybridized carbons (Fsp3) is 0.0667. The van der Waals surface area contributed by atoms with E-state index < -0.39 is 0 Å². The second-order valence-electron chi connectivity index (χ2n) is 4.47. The molecule has 1 aromatic carbocycles. The second kappa shape index (κ2) is 5.14. The highest BCUT2D eigenvalue weighted by molar-refractivity contribution is 6.03. The van der Waals surface area contributed by atoms with E-state index in [2.05, 4.69) is 5.59 Å². The predicted octanol–water partition coefficient (Wildman–Crippen LogP) is 1.86. The smallest absolute Gasteiger partial charge is 0.258 e. The maximum Gasteiger partial charge on any atom is 0.258 e. The Hall–Kier alpha value is -2.66. The molecule has 1 aliphatic carbocycles. The molecule has 0 saturated carbocycles. The molecule has 0 unspecified atom stereocenters. The van der Waals surface area contributed by atoms with Gasteiger partial charge < -0.3 is 4.84 Å². The van der Waals surface area contributed by atoms with E-state index in [1.807, 2.05) is 30.3 Å². The summed E-state index contributed by atoms with van der Waals surface area (Å²) in [6, 6.07) is 9.88. The van der Waals surface area contributed by atoms with Gasteiger partial charge in [-0.2, -0.15) is 0 Å². The van der Waals surface area contributed by atoms with Gasteiger partial charge in [-0.05, 0) is 29.9 Å². The van der Waals surface area contributed by atoms with Crippen molar-refractivity contribution in [1.29, 1.82) is 5.41 Å². The van der Waals surface area contributed by atoms with Gasteiger partial charge in [0.05, 0.1) is 6.54 Å². The van der Waals surface area contributed by atoms with E-state index in [0.29, 0.717) is 12.2 Å². The summed E-state index contributed by atoms with van der Waals surface area (Å²) in [6.07, 6.45) is 6.35. The standard InChI is InChI=1S/C15H13N3O2/c16-15-14(12-6-8-13(19)9-7-12)18(17-20-15)10-11-4-2-1-3-5-11/h1-9,16-17H,10H2. The highest BCUT2D eigenvalue weighted by Gasteiger charge is 2.27. The van der Waals surface area contributed by atoms with Crippen molar-refractivity contribution in [3.05, 3.63) is 71.5 Å². The van der Waals surface area contributed by atoms with Gasteiger partial charge in [0.1, 0.15) is 5.70 Å². The van der Waals surface area contributed by atoms with E-state index in [0.717, 1.165) is 11.1 Å². The van der Waals surface area contributed by atoms with E-state index in [1.165, 1.54) is 12.2 Å². The fourth-order valence-corrected chi connectivity index (χ4v) is 2.09. The van der Waals surface area contributed by atoms with Crippen molar-refractivity contribution in [2.24, 2.45) is 0 Å². The zero-order valence-electron chi connectivity index (χ0n) is 10.7. The maximum atomic E-state index is 11.2. The molecule has 1 heterocycles. The average Bonchev–Trinajstić information content (AvgIpc) is 2.82. The molecule has 1 aromatic rings. The number of hydrogen-bond donors (Lipinski definition) is 2. The molecule has 2 aliphatic rings. The molecule has 0 radical (unpaired) electrons. The molecule has 5 heteroatoms. The van der Waals surface area contributed by atoms with E-state index in [4.69, 9.17) is 10.2 Å². The lowest BCUT2D eigenvalue weighted by atomic mass is 10.1. The summed E-state index contributed by atoms with van der Waals surface area (Å²) in [5.74, 6) is -0.0121. The molecule has 0 atom stereocenters. The summed E-state index contributed by atoms with van der Waals surface area (Å²) in [5.41, 5.74) is 5.20. The molecule has 3 rings (SSSR count). The van der Waals surface area contributed by atoms with Gasteiger partial charge in [-0.3, -0.25) is 15.2 Å². The number of carbonyl (C=O) groups excluding carboxylic acids is 1. The summed E-state index contributed by atoms with van der Waals surface area (Å²) in [4.78, 5) is 16.2. The highest BCUT2D eigenvalue weighted by Crippen LogP contribution is 2.22. The Labute approximate surface area is 116 Å². The van der Waals surface area contributed by atoms with Crippen LogP contribution in [-0.2, 0) is 16.2 Å². The van der Waals surface area contributed by atoms with Crippen LogP contribution in [0, 0.1) is 5.41 Å². The predicted molar refractivity (Wildman–Crippen MR) is 74.2 cm³/mol. The van der Waals surface area contributed by atoms with Crippen LogP contribution in [0.3, 0.4) is 0 Å². The second-order valence-corrected chi connectivity index (χ2v) is 4.47. The first-order chi connectivity index (χ1) is 9.74. The van der Waals surface area contributed by atoms with E-state index in [1.54, 1.807) is 17.2 Å². The zero-order valence-corrected chi connectivity index (χ0v) is 10.7. The monoisotopic (exact) mass is 267 g/mol. The summed E-state index contributed by atoms with van der Waals surface area (Å²) in [7, 11) is 0. The SMILES string of the molecule is N=C1ONN(Cc2ccccc2)C1=C1C=CC(=O)C=C1. The summed E-state index contributed by atoms with van der Waals surface area (Å²) in [6.45, 7) is 0.567. The molecule has 2 N–H and O–H groups in total. The van der Waals surface area contributed by atoms with Crippen molar-refractivity contribution >= 4 is 11.7 Å². The Morgan fingerprint density at radius 1 is 1.10 bits per heavy atom. The molecule has 1 aliphatic heterocycles. The quantitative estimate of drug-likeness (QED) is 0.858. The first-order valence-corrected chi connectivity index (χ1v) is 6.21. The number of hydrazine groups is 1. The third kappa shape index (κ3) is 2.39. The number of nitrogens with one attached hydrogen (secondary N) is 2. The molecule has 0 bridgehead atoms. The molecule has 0 amide bonds. The van der Waals surface area contributed by atoms with Gasteiger partial charge >= 0.3 is 0 Å². The normalized spacial score (nSPS) is 17.9. The van der Waals surface area contributed by atoms with Crippen molar-refractivity contribution < 1.29 is 9.63 Å².